The predicted molar refractivity (Wildman–Crippen MR) is 84.6 cm³/mol. The van der Waals surface area contributed by atoms with Crippen LogP contribution in [0.5, 0.6) is 0 Å². The molecule has 0 atom stereocenters. The van der Waals surface area contributed by atoms with Gasteiger partial charge in [-0.2, -0.15) is 20.8 Å². The Kier molecular flexibility index (Phi) is 7.65. The third-order valence-corrected chi connectivity index (χ3v) is 2.32. The molecular weight excluding hydrogens is 260 g/mol. The maximum atomic E-state index is 8.58. The average molecular weight is 282 g/mol. The highest BCUT2D eigenvalue weighted by atomic mass is 15.2. The lowest BCUT2D eigenvalue weighted by Gasteiger charge is -2.11. The summed E-state index contributed by atoms with van der Waals surface area (Å²) in [6, 6.07) is 14.2. The lowest BCUT2D eigenvalue weighted by molar-refractivity contribution is 0.541. The van der Waals surface area contributed by atoms with Crippen molar-refractivity contribution < 1.29 is 0 Å². The van der Waals surface area contributed by atoms with Gasteiger partial charge in [0.15, 0.2) is 11.1 Å². The molecular formula is C17H22N4. The van der Waals surface area contributed by atoms with Gasteiger partial charge in [0, 0.05) is 0 Å². The Hall–Kier alpha value is -2.46. The topological polar surface area (TPSA) is 72.3 Å². The van der Waals surface area contributed by atoms with Crippen LogP contribution in [0.2, 0.25) is 0 Å². The second-order valence-electron chi connectivity index (χ2n) is 5.52. The summed E-state index contributed by atoms with van der Waals surface area (Å²) in [6.45, 7) is 10.2. The summed E-state index contributed by atoms with van der Waals surface area (Å²) < 4.78 is 0. The molecule has 4 nitrogen and oxygen atoms in total. The van der Waals surface area contributed by atoms with E-state index >= 15 is 0 Å². The van der Waals surface area contributed by atoms with Crippen LogP contribution in [0.15, 0.2) is 53.2 Å². The van der Waals surface area contributed by atoms with E-state index in [-0.39, 0.29) is 0 Å². The lowest BCUT2D eigenvalue weighted by atomic mass is 10.1. The van der Waals surface area contributed by atoms with Crippen molar-refractivity contribution in [3.05, 3.63) is 48.6 Å². The van der Waals surface area contributed by atoms with Crippen molar-refractivity contribution in [3.63, 3.8) is 0 Å². The van der Waals surface area contributed by atoms with Gasteiger partial charge in [0.05, 0.1) is 12.1 Å². The number of azo groups is 1. The fourth-order valence-electron chi connectivity index (χ4n) is 1.08. The second-order valence-corrected chi connectivity index (χ2v) is 5.52. The van der Waals surface area contributed by atoms with Crippen LogP contribution >= 0.6 is 0 Å². The van der Waals surface area contributed by atoms with E-state index in [1.807, 2.05) is 36.4 Å². The monoisotopic (exact) mass is 282 g/mol. The van der Waals surface area contributed by atoms with Crippen LogP contribution in [0, 0.1) is 22.7 Å². The van der Waals surface area contributed by atoms with Gasteiger partial charge in [0.1, 0.15) is 0 Å². The van der Waals surface area contributed by atoms with Crippen LogP contribution in [-0.2, 0) is 6.42 Å². The second kappa shape index (κ2) is 8.66. The van der Waals surface area contributed by atoms with Crippen LogP contribution in [0.25, 0.3) is 0 Å². The van der Waals surface area contributed by atoms with Crippen LogP contribution in [-0.4, -0.2) is 11.1 Å². The molecule has 0 bridgehead atoms. The molecule has 0 aliphatic carbocycles. The highest BCUT2D eigenvalue weighted by Crippen LogP contribution is 2.13. The van der Waals surface area contributed by atoms with E-state index in [2.05, 4.69) is 28.9 Å². The first-order chi connectivity index (χ1) is 9.76. The van der Waals surface area contributed by atoms with E-state index < -0.39 is 11.1 Å². The number of nitriles is 2. The molecule has 0 aromatic heterocycles. The van der Waals surface area contributed by atoms with Crippen molar-refractivity contribution in [2.45, 2.75) is 45.2 Å². The maximum absolute atomic E-state index is 8.58. The van der Waals surface area contributed by atoms with Crippen molar-refractivity contribution in [1.82, 2.24) is 0 Å². The van der Waals surface area contributed by atoms with Gasteiger partial charge in [0.2, 0.25) is 0 Å². The lowest BCUT2D eigenvalue weighted by Crippen LogP contribution is -2.17. The smallest absolute Gasteiger partial charge is 0.162 e. The first kappa shape index (κ1) is 18.5. The van der Waals surface area contributed by atoms with Gasteiger partial charge in [-0.05, 0) is 39.7 Å². The quantitative estimate of drug-likeness (QED) is 0.604. The van der Waals surface area contributed by atoms with E-state index in [0.29, 0.717) is 0 Å². The largest absolute Gasteiger partial charge is 0.196 e. The van der Waals surface area contributed by atoms with Gasteiger partial charge in [0.25, 0.3) is 0 Å². The Morgan fingerprint density at radius 2 is 1.43 bits per heavy atom. The zero-order chi connectivity index (χ0) is 16.4. The zero-order valence-corrected chi connectivity index (χ0v) is 13.2. The van der Waals surface area contributed by atoms with Crippen molar-refractivity contribution in [1.29, 1.82) is 10.5 Å². The van der Waals surface area contributed by atoms with Gasteiger partial charge in [-0.1, -0.05) is 36.4 Å². The fourth-order valence-corrected chi connectivity index (χ4v) is 1.08. The van der Waals surface area contributed by atoms with Crippen LogP contribution in [0.4, 0.5) is 0 Å². The van der Waals surface area contributed by atoms with Crippen molar-refractivity contribution in [2.24, 2.45) is 10.2 Å². The minimum atomic E-state index is -0.839. The Balaban J connectivity index is 0.000000394. The molecule has 1 aromatic rings. The summed E-state index contributed by atoms with van der Waals surface area (Å²) in [5.41, 5.74) is -0.352. The Bertz CT molecular complexity index is 514. The number of hydrogen-bond acceptors (Lipinski definition) is 4. The van der Waals surface area contributed by atoms with E-state index in [9.17, 15) is 0 Å². The Morgan fingerprint density at radius 3 is 1.76 bits per heavy atom. The number of allylic oxidation sites excluding steroid dienone is 1. The molecule has 0 spiro atoms. The molecule has 21 heavy (non-hydrogen) atoms. The summed E-state index contributed by atoms with van der Waals surface area (Å²) in [7, 11) is 0. The molecule has 0 saturated carbocycles. The van der Waals surface area contributed by atoms with Gasteiger partial charge in [-0.25, -0.2) is 0 Å². The molecule has 0 N–H and O–H groups in total. The van der Waals surface area contributed by atoms with E-state index in [4.69, 9.17) is 10.5 Å². The standard InChI is InChI=1S/C9H10.C8H12N4/c1-2-6-9-7-4-3-5-8-9;1-7(2,5-9)11-12-8(3,4)6-10/h2-5,7-8H,1,6H2;1-4H3/b;12-11+. The zero-order valence-electron chi connectivity index (χ0n) is 13.2. The van der Waals surface area contributed by atoms with Gasteiger partial charge < -0.3 is 0 Å². The molecule has 0 radical (unpaired) electrons. The molecule has 0 aliphatic heterocycles. The molecule has 0 amide bonds. The number of hydrogen-bond donors (Lipinski definition) is 0. The van der Waals surface area contributed by atoms with Gasteiger partial charge >= 0.3 is 0 Å². The molecule has 0 fully saturated rings. The van der Waals surface area contributed by atoms with E-state index in [0.717, 1.165) is 6.42 Å². The highest BCUT2D eigenvalue weighted by Gasteiger charge is 2.19. The maximum Gasteiger partial charge on any atom is 0.162 e. The van der Waals surface area contributed by atoms with E-state index in [1.54, 1.807) is 27.7 Å². The summed E-state index contributed by atoms with van der Waals surface area (Å²) in [6.07, 6.45) is 2.89. The molecule has 0 unspecified atom stereocenters. The average Bonchev–Trinajstić information content (AvgIpc) is 2.48. The number of rotatable bonds is 4. The molecule has 1 aromatic carbocycles. The highest BCUT2D eigenvalue weighted by molar-refractivity contribution is 5.16. The number of nitrogens with zero attached hydrogens (tertiary/aromatic N) is 4. The minimum Gasteiger partial charge on any atom is -0.196 e. The number of benzene rings is 1. The Labute approximate surface area is 127 Å². The molecule has 110 valence electrons. The SMILES string of the molecule is C=CCc1ccccc1.CC(C)(C#N)/N=N/C(C)(C)C#N. The normalized spacial score (nSPS) is 11.0. The van der Waals surface area contributed by atoms with Gasteiger partial charge in [-0.3, -0.25) is 0 Å². The molecule has 0 saturated heterocycles. The molecule has 0 aliphatic rings. The summed E-state index contributed by atoms with van der Waals surface area (Å²) in [4.78, 5) is 0. The summed E-state index contributed by atoms with van der Waals surface area (Å²) >= 11 is 0. The van der Waals surface area contributed by atoms with E-state index in [1.165, 1.54) is 5.56 Å². The summed E-state index contributed by atoms with van der Waals surface area (Å²) in [5.74, 6) is 0. The fraction of sp³-hybridized carbons (Fsp3) is 0.412. The van der Waals surface area contributed by atoms with Crippen molar-refractivity contribution in [2.75, 3.05) is 0 Å². The third-order valence-electron chi connectivity index (χ3n) is 2.32. The van der Waals surface area contributed by atoms with Crippen LogP contribution < -0.4 is 0 Å². The third kappa shape index (κ3) is 9.13. The van der Waals surface area contributed by atoms with Crippen LogP contribution in [0.1, 0.15) is 33.3 Å². The molecule has 4 heteroatoms. The van der Waals surface area contributed by atoms with Crippen LogP contribution in [0.3, 0.4) is 0 Å². The Morgan fingerprint density at radius 1 is 1.00 bits per heavy atom. The molecule has 1 rings (SSSR count). The van der Waals surface area contributed by atoms with Gasteiger partial charge in [-0.15, -0.1) is 6.58 Å². The predicted octanol–water partition coefficient (Wildman–Crippen LogP) is 4.46. The van der Waals surface area contributed by atoms with Crippen molar-refractivity contribution in [3.8, 4) is 12.1 Å². The minimum absolute atomic E-state index is 0.839. The van der Waals surface area contributed by atoms with Crippen molar-refractivity contribution >= 4 is 0 Å². The molecule has 0 heterocycles. The first-order valence-corrected chi connectivity index (χ1v) is 6.68. The first-order valence-electron chi connectivity index (χ1n) is 6.68. The summed E-state index contributed by atoms with van der Waals surface area (Å²) in [5, 5.41) is 24.7.